The average Bonchev–Trinajstić information content (AvgIpc) is 3.55. The van der Waals surface area contributed by atoms with E-state index in [1.165, 1.54) is 40.0 Å². The normalized spacial score (nSPS) is 12.2. The van der Waals surface area contributed by atoms with Gasteiger partial charge in [-0.1, -0.05) is 12.7 Å². The number of carbonyl (C=O) groups is 2. The number of nitrogens with zero attached hydrogens (tertiary/aromatic N) is 1. The molecule has 2 aromatic heterocycles. The number of esters is 1. The lowest BCUT2D eigenvalue weighted by atomic mass is 9.99. The Hall–Kier alpha value is -3.40. The first-order chi connectivity index (χ1) is 19.0. The van der Waals surface area contributed by atoms with Crippen LogP contribution in [-0.2, 0) is 10.3 Å². The number of thiophene rings is 1. The Morgan fingerprint density at radius 2 is 1.71 bits per heavy atom. The van der Waals surface area contributed by atoms with Crippen molar-refractivity contribution in [2.24, 2.45) is 4.99 Å². The number of aliphatic imine (C=N–C) groups is 1. The van der Waals surface area contributed by atoms with Crippen LogP contribution in [0.4, 0.5) is 22.4 Å². The van der Waals surface area contributed by atoms with E-state index in [0.717, 1.165) is 10.4 Å². The maximum Gasteiger partial charge on any atom is 0.437 e. The van der Waals surface area contributed by atoms with Gasteiger partial charge in [0.05, 0.1) is 19.7 Å². The van der Waals surface area contributed by atoms with E-state index in [9.17, 15) is 27.2 Å². The quantitative estimate of drug-likeness (QED) is 0.0370. The largest absolute Gasteiger partial charge is 0.442 e. The van der Waals surface area contributed by atoms with E-state index in [2.05, 4.69) is 27.2 Å². The third kappa shape index (κ3) is 7.28. The standard InChI is InChI=1S/C27H27F4IN4O4S/c1-8-12-11-15(41-22(12)27(5,6)36-24(33-7)35-25(38)40-26(2,3)4)13-9-10-14(34-13)23(37)39-21-19(31)17(29)16(28)18(30)20(21)32/h8-11,34H,1H2,2-7H3,(H2,33,35,36,38). The predicted molar refractivity (Wildman–Crippen MR) is 157 cm³/mol. The molecule has 0 spiro atoms. The monoisotopic (exact) mass is 706 g/mol. The van der Waals surface area contributed by atoms with Crippen molar-refractivity contribution in [2.75, 3.05) is 7.05 Å². The molecule has 0 saturated heterocycles. The van der Waals surface area contributed by atoms with Gasteiger partial charge in [0.15, 0.2) is 17.4 Å². The molecule has 3 rings (SSSR count). The van der Waals surface area contributed by atoms with Gasteiger partial charge in [0.2, 0.25) is 17.6 Å². The zero-order valence-electron chi connectivity index (χ0n) is 22.9. The van der Waals surface area contributed by atoms with Crippen LogP contribution < -0.4 is 15.4 Å². The number of carbonyl (C=O) groups excluding carboxylic acids is 2. The highest BCUT2D eigenvalue weighted by molar-refractivity contribution is 14.1. The summed E-state index contributed by atoms with van der Waals surface area (Å²) in [5.41, 5.74) is -0.393. The van der Waals surface area contributed by atoms with Crippen LogP contribution in [0.15, 0.2) is 29.8 Å². The fraction of sp³-hybridized carbons (Fsp3) is 0.296. The van der Waals surface area contributed by atoms with Crippen LogP contribution in [0.5, 0.6) is 5.75 Å². The molecule has 14 heteroatoms. The molecule has 0 aliphatic rings. The van der Waals surface area contributed by atoms with Crippen molar-refractivity contribution in [1.29, 1.82) is 0 Å². The molecule has 0 bridgehead atoms. The molecule has 0 aliphatic carbocycles. The number of hydrogen-bond acceptors (Lipinski definition) is 5. The van der Waals surface area contributed by atoms with Crippen LogP contribution in [0.2, 0.25) is 0 Å². The zero-order valence-corrected chi connectivity index (χ0v) is 25.9. The fourth-order valence-corrected chi connectivity index (χ4v) is 5.32. The van der Waals surface area contributed by atoms with Gasteiger partial charge in [-0.2, -0.15) is 4.39 Å². The third-order valence-corrected chi connectivity index (χ3v) is 7.82. The molecule has 1 aromatic carbocycles. The van der Waals surface area contributed by atoms with Gasteiger partial charge in [-0.05, 0) is 81.0 Å². The minimum absolute atomic E-state index is 0.144. The lowest BCUT2D eigenvalue weighted by Gasteiger charge is -2.28. The van der Waals surface area contributed by atoms with Gasteiger partial charge in [0, 0.05) is 11.9 Å². The van der Waals surface area contributed by atoms with Crippen molar-refractivity contribution in [3.8, 4) is 16.3 Å². The van der Waals surface area contributed by atoms with Gasteiger partial charge >= 0.3 is 12.1 Å². The molecule has 0 saturated carbocycles. The Morgan fingerprint density at radius 3 is 2.29 bits per heavy atom. The van der Waals surface area contributed by atoms with Crippen LogP contribution in [0.1, 0.15) is 55.5 Å². The summed E-state index contributed by atoms with van der Waals surface area (Å²) in [7, 11) is 1.60. The van der Waals surface area contributed by atoms with Crippen LogP contribution in [-0.4, -0.2) is 35.7 Å². The summed E-state index contributed by atoms with van der Waals surface area (Å²) in [6, 6.07) is 4.73. The van der Waals surface area contributed by atoms with Crippen molar-refractivity contribution in [2.45, 2.75) is 45.8 Å². The van der Waals surface area contributed by atoms with Crippen LogP contribution >= 0.6 is 33.9 Å². The lowest BCUT2D eigenvalue weighted by molar-refractivity contribution is 0.0602. The molecule has 0 radical (unpaired) electrons. The molecule has 0 fully saturated rings. The molecular weight excluding hydrogens is 679 g/mol. The molecule has 1 amide bonds. The number of benzene rings is 1. The Kier molecular flexibility index (Phi) is 9.58. The Labute approximate surface area is 251 Å². The van der Waals surface area contributed by atoms with Crippen molar-refractivity contribution >= 4 is 58.0 Å². The summed E-state index contributed by atoms with van der Waals surface area (Å²) < 4.78 is 64.6. The lowest BCUT2D eigenvalue weighted by Crippen LogP contribution is -2.46. The number of nitrogens with one attached hydrogen (secondary N) is 3. The molecule has 3 N–H and O–H groups in total. The van der Waals surface area contributed by atoms with Crippen molar-refractivity contribution in [1.82, 2.24) is 15.6 Å². The number of ether oxygens (including phenoxy) is 2. The summed E-state index contributed by atoms with van der Waals surface area (Å²) >= 11 is 2.57. The number of guanidine groups is 1. The Balaban J connectivity index is 1.87. The number of hydrogen-bond donors (Lipinski definition) is 3. The van der Waals surface area contributed by atoms with E-state index in [0.29, 0.717) is 10.6 Å². The maximum atomic E-state index is 14.2. The first kappa shape index (κ1) is 32.1. The number of aromatic nitrogens is 1. The first-order valence-corrected chi connectivity index (χ1v) is 13.9. The van der Waals surface area contributed by atoms with E-state index in [-0.39, 0.29) is 11.7 Å². The highest BCUT2D eigenvalue weighted by Gasteiger charge is 2.30. The van der Waals surface area contributed by atoms with Gasteiger partial charge in [0.25, 0.3) is 0 Å². The van der Waals surface area contributed by atoms with Gasteiger partial charge in [0.1, 0.15) is 11.3 Å². The fourth-order valence-electron chi connectivity index (χ4n) is 3.53. The summed E-state index contributed by atoms with van der Waals surface area (Å²) in [5.74, 6) is -9.61. The third-order valence-electron chi connectivity index (χ3n) is 5.35. The molecule has 2 heterocycles. The maximum absolute atomic E-state index is 14.2. The van der Waals surface area contributed by atoms with E-state index in [1.54, 1.807) is 40.0 Å². The number of halogens is 5. The highest BCUT2D eigenvalue weighted by atomic mass is 127. The van der Waals surface area contributed by atoms with Crippen LogP contribution in [0, 0.1) is 26.8 Å². The zero-order chi connectivity index (χ0) is 30.9. The smallest absolute Gasteiger partial charge is 0.437 e. The second-order valence-electron chi connectivity index (χ2n) is 10.1. The number of rotatable bonds is 6. The van der Waals surface area contributed by atoms with Gasteiger partial charge in [-0.25, -0.2) is 22.8 Å². The van der Waals surface area contributed by atoms with E-state index in [1.807, 2.05) is 19.9 Å². The number of H-pyrrole nitrogens is 1. The molecule has 0 atom stereocenters. The Morgan fingerprint density at radius 1 is 1.07 bits per heavy atom. The minimum atomic E-state index is -2.09. The number of amides is 1. The molecule has 220 valence electrons. The molecular formula is C27H27F4IN4O4S. The molecule has 41 heavy (non-hydrogen) atoms. The van der Waals surface area contributed by atoms with Gasteiger partial charge in [-0.3, -0.25) is 0 Å². The molecule has 0 aliphatic heterocycles. The topological polar surface area (TPSA) is 105 Å². The van der Waals surface area contributed by atoms with E-state index >= 15 is 0 Å². The van der Waals surface area contributed by atoms with Crippen molar-refractivity contribution in [3.63, 3.8) is 0 Å². The molecule has 0 unspecified atom stereocenters. The SMILES string of the molecule is C=Cc1cc(-c2ccc(C(=O)Oc3c(F)c(F)c(F)c(F)c3I)[nH]2)sc1C(C)(C)N/C(=N/C(=O)OC(C)(C)C)NC. The average molecular weight is 706 g/mol. The molecule has 3 aromatic rings. The highest BCUT2D eigenvalue weighted by Crippen LogP contribution is 2.38. The Bertz CT molecular complexity index is 1510. The van der Waals surface area contributed by atoms with Crippen LogP contribution in [0.3, 0.4) is 0 Å². The summed E-state index contributed by atoms with van der Waals surface area (Å²) in [6.45, 7) is 12.8. The number of aromatic amines is 1. The van der Waals surface area contributed by atoms with Crippen molar-refractivity contribution < 1.29 is 36.6 Å². The van der Waals surface area contributed by atoms with Crippen LogP contribution in [0.25, 0.3) is 16.6 Å². The van der Waals surface area contributed by atoms with Crippen molar-refractivity contribution in [3.05, 3.63) is 67.8 Å². The first-order valence-electron chi connectivity index (χ1n) is 12.0. The second-order valence-corrected chi connectivity index (χ2v) is 12.2. The summed E-state index contributed by atoms with van der Waals surface area (Å²) in [4.78, 5) is 33.1. The van der Waals surface area contributed by atoms with Gasteiger partial charge < -0.3 is 25.1 Å². The second kappa shape index (κ2) is 12.2. The summed E-state index contributed by atoms with van der Waals surface area (Å²) in [5, 5.41) is 6.02. The van der Waals surface area contributed by atoms with Gasteiger partial charge in [-0.15, -0.1) is 16.3 Å². The van der Waals surface area contributed by atoms with E-state index < -0.39 is 55.8 Å². The summed E-state index contributed by atoms with van der Waals surface area (Å²) in [6.07, 6.45) is 0.871. The predicted octanol–water partition coefficient (Wildman–Crippen LogP) is 7.10. The minimum Gasteiger partial charge on any atom is -0.442 e. The molecule has 8 nitrogen and oxygen atoms in total. The van der Waals surface area contributed by atoms with E-state index in [4.69, 9.17) is 9.47 Å².